The van der Waals surface area contributed by atoms with Gasteiger partial charge in [0.15, 0.2) is 11.5 Å². The number of rotatable bonds is 8. The number of benzene rings is 1. The van der Waals surface area contributed by atoms with Crippen molar-refractivity contribution in [3.63, 3.8) is 0 Å². The number of methoxy groups -OCH3 is 1. The van der Waals surface area contributed by atoms with Gasteiger partial charge in [-0.25, -0.2) is 0 Å². The zero-order valence-electron chi connectivity index (χ0n) is 18.2. The van der Waals surface area contributed by atoms with Gasteiger partial charge in [0.2, 0.25) is 0 Å². The summed E-state index contributed by atoms with van der Waals surface area (Å²) < 4.78 is 17.4. The topological polar surface area (TPSA) is 63.6 Å². The van der Waals surface area contributed by atoms with Crippen molar-refractivity contribution in [2.24, 2.45) is 0 Å². The summed E-state index contributed by atoms with van der Waals surface area (Å²) in [5, 5.41) is 12.5. The van der Waals surface area contributed by atoms with Gasteiger partial charge in [-0.1, -0.05) is 6.07 Å². The SMILES string of the molecule is COc1cc(CN2CCCCO2)ccc1OCC(O)CN1CCC2(CCCO2)CC1. The van der Waals surface area contributed by atoms with Crippen LogP contribution in [0.15, 0.2) is 18.2 Å². The van der Waals surface area contributed by atoms with Crippen LogP contribution in [0.5, 0.6) is 11.5 Å². The summed E-state index contributed by atoms with van der Waals surface area (Å²) in [6.07, 6.45) is 6.26. The van der Waals surface area contributed by atoms with E-state index >= 15 is 0 Å². The first-order valence-electron chi connectivity index (χ1n) is 11.4. The molecule has 0 aliphatic carbocycles. The molecule has 0 radical (unpaired) electrons. The number of ether oxygens (including phenoxy) is 3. The fourth-order valence-corrected chi connectivity index (χ4v) is 4.74. The van der Waals surface area contributed by atoms with Crippen molar-refractivity contribution in [1.82, 2.24) is 9.96 Å². The highest BCUT2D eigenvalue weighted by Gasteiger charge is 2.38. The van der Waals surface area contributed by atoms with Crippen LogP contribution in [0.25, 0.3) is 0 Å². The second-order valence-corrected chi connectivity index (χ2v) is 8.79. The van der Waals surface area contributed by atoms with E-state index in [4.69, 9.17) is 19.0 Å². The van der Waals surface area contributed by atoms with Crippen molar-refractivity contribution in [1.29, 1.82) is 0 Å². The molecule has 1 aromatic carbocycles. The standard InChI is InChI=1S/C23H36N2O5/c1-27-22-15-19(16-25-10-2-3-14-30-25)5-6-21(22)28-18-20(26)17-24-11-8-23(9-12-24)7-4-13-29-23/h5-6,15,20,26H,2-4,7-14,16-18H2,1H3. The van der Waals surface area contributed by atoms with Crippen molar-refractivity contribution < 1.29 is 24.2 Å². The zero-order valence-corrected chi connectivity index (χ0v) is 18.2. The van der Waals surface area contributed by atoms with E-state index in [1.165, 1.54) is 19.3 Å². The molecule has 7 heteroatoms. The largest absolute Gasteiger partial charge is 0.493 e. The molecule has 4 rings (SSSR count). The Hall–Kier alpha value is -1.38. The first-order valence-corrected chi connectivity index (χ1v) is 11.4. The number of hydrogen-bond donors (Lipinski definition) is 1. The lowest BCUT2D eigenvalue weighted by Gasteiger charge is -2.39. The average Bonchev–Trinajstić information content (AvgIpc) is 3.23. The number of β-amino-alcohol motifs (C(OH)–C–C–N with tert-alkyl or cyclic N) is 1. The van der Waals surface area contributed by atoms with Crippen molar-refractivity contribution >= 4 is 0 Å². The molecule has 1 unspecified atom stereocenters. The molecule has 0 saturated carbocycles. The van der Waals surface area contributed by atoms with Crippen LogP contribution in [-0.4, -0.2) is 79.9 Å². The molecule has 1 N–H and O–H groups in total. The molecule has 0 amide bonds. The van der Waals surface area contributed by atoms with Crippen molar-refractivity contribution in [3.8, 4) is 11.5 Å². The summed E-state index contributed by atoms with van der Waals surface area (Å²) in [5.41, 5.74) is 1.24. The lowest BCUT2D eigenvalue weighted by atomic mass is 9.88. The molecule has 3 fully saturated rings. The van der Waals surface area contributed by atoms with E-state index in [0.717, 1.165) is 64.2 Å². The number of hydrogen-bond acceptors (Lipinski definition) is 7. The molecule has 3 saturated heterocycles. The molecular weight excluding hydrogens is 384 g/mol. The molecule has 0 aromatic heterocycles. The van der Waals surface area contributed by atoms with E-state index < -0.39 is 6.10 Å². The highest BCUT2D eigenvalue weighted by molar-refractivity contribution is 5.43. The Morgan fingerprint density at radius 1 is 1.07 bits per heavy atom. The molecule has 3 aliphatic rings. The Bertz CT molecular complexity index is 664. The van der Waals surface area contributed by atoms with Gasteiger partial charge in [0.1, 0.15) is 12.7 Å². The lowest BCUT2D eigenvalue weighted by Crippen LogP contribution is -2.47. The van der Waals surface area contributed by atoms with Gasteiger partial charge < -0.3 is 24.2 Å². The monoisotopic (exact) mass is 420 g/mol. The van der Waals surface area contributed by atoms with E-state index in [1.54, 1.807) is 7.11 Å². The summed E-state index contributed by atoms with van der Waals surface area (Å²) >= 11 is 0. The molecule has 30 heavy (non-hydrogen) atoms. The molecule has 3 aliphatic heterocycles. The molecule has 1 aromatic rings. The van der Waals surface area contributed by atoms with Crippen molar-refractivity contribution in [2.75, 3.05) is 53.1 Å². The number of aliphatic hydroxyl groups is 1. The maximum absolute atomic E-state index is 10.5. The van der Waals surface area contributed by atoms with Crippen LogP contribution >= 0.6 is 0 Å². The maximum Gasteiger partial charge on any atom is 0.161 e. The molecule has 168 valence electrons. The fourth-order valence-electron chi connectivity index (χ4n) is 4.74. The molecule has 7 nitrogen and oxygen atoms in total. The number of piperidine rings is 1. The maximum atomic E-state index is 10.5. The highest BCUT2D eigenvalue weighted by Crippen LogP contribution is 2.35. The van der Waals surface area contributed by atoms with E-state index in [1.807, 2.05) is 23.3 Å². The van der Waals surface area contributed by atoms with Gasteiger partial charge in [-0.15, -0.1) is 0 Å². The number of aliphatic hydroxyl groups excluding tert-OH is 1. The minimum Gasteiger partial charge on any atom is -0.493 e. The minimum absolute atomic E-state index is 0.117. The van der Waals surface area contributed by atoms with Gasteiger partial charge in [-0.2, -0.15) is 5.06 Å². The molecule has 1 atom stereocenters. The Balaban J connectivity index is 1.23. The van der Waals surface area contributed by atoms with Gasteiger partial charge in [0.05, 0.1) is 19.3 Å². The quantitative estimate of drug-likeness (QED) is 0.694. The van der Waals surface area contributed by atoms with Crippen molar-refractivity contribution in [3.05, 3.63) is 23.8 Å². The van der Waals surface area contributed by atoms with Crippen molar-refractivity contribution in [2.45, 2.75) is 56.8 Å². The molecule has 3 heterocycles. The lowest BCUT2D eigenvalue weighted by molar-refractivity contribution is -0.187. The smallest absolute Gasteiger partial charge is 0.161 e. The highest BCUT2D eigenvalue weighted by atomic mass is 16.7. The third-order valence-corrected chi connectivity index (χ3v) is 6.52. The third-order valence-electron chi connectivity index (χ3n) is 6.52. The first kappa shape index (κ1) is 21.8. The Kier molecular flexibility index (Phi) is 7.49. The minimum atomic E-state index is -0.533. The predicted molar refractivity (Wildman–Crippen MR) is 114 cm³/mol. The third kappa shape index (κ3) is 5.65. The normalized spacial score (nSPS) is 23.5. The summed E-state index contributed by atoms with van der Waals surface area (Å²) in [7, 11) is 1.65. The van der Waals surface area contributed by atoms with E-state index in [2.05, 4.69) is 4.90 Å². The van der Waals surface area contributed by atoms with Crippen LogP contribution in [0.4, 0.5) is 0 Å². The molecule has 1 spiro atoms. The zero-order chi connectivity index (χ0) is 20.8. The van der Waals surface area contributed by atoms with Crippen LogP contribution in [0.2, 0.25) is 0 Å². The fraction of sp³-hybridized carbons (Fsp3) is 0.739. The molecular formula is C23H36N2O5. The Labute approximate surface area is 179 Å². The van der Waals surface area contributed by atoms with E-state index in [9.17, 15) is 5.11 Å². The van der Waals surface area contributed by atoms with Gasteiger partial charge in [-0.3, -0.25) is 4.84 Å². The average molecular weight is 421 g/mol. The Morgan fingerprint density at radius 3 is 2.63 bits per heavy atom. The van der Waals surface area contributed by atoms with Gasteiger partial charge >= 0.3 is 0 Å². The van der Waals surface area contributed by atoms with Gasteiger partial charge in [0.25, 0.3) is 0 Å². The first-order chi connectivity index (χ1) is 14.7. The Morgan fingerprint density at radius 2 is 1.93 bits per heavy atom. The summed E-state index contributed by atoms with van der Waals surface area (Å²) in [6, 6.07) is 5.95. The van der Waals surface area contributed by atoms with E-state index in [-0.39, 0.29) is 12.2 Å². The summed E-state index contributed by atoms with van der Waals surface area (Å²) in [6.45, 7) is 6.23. The van der Waals surface area contributed by atoms with Crippen LogP contribution in [0, 0.1) is 0 Å². The van der Waals surface area contributed by atoms with Gasteiger partial charge in [0, 0.05) is 39.3 Å². The van der Waals surface area contributed by atoms with E-state index in [0.29, 0.717) is 18.0 Å². The van der Waals surface area contributed by atoms with Crippen LogP contribution in [-0.2, 0) is 16.1 Å². The summed E-state index contributed by atoms with van der Waals surface area (Å²) in [5.74, 6) is 1.35. The van der Waals surface area contributed by atoms with Crippen LogP contribution in [0.3, 0.4) is 0 Å². The number of nitrogens with zero attached hydrogens (tertiary/aromatic N) is 2. The summed E-state index contributed by atoms with van der Waals surface area (Å²) in [4.78, 5) is 8.00. The van der Waals surface area contributed by atoms with Crippen LogP contribution in [0.1, 0.15) is 44.1 Å². The second-order valence-electron chi connectivity index (χ2n) is 8.79. The molecule has 0 bridgehead atoms. The van der Waals surface area contributed by atoms with Gasteiger partial charge in [-0.05, 0) is 56.2 Å². The second kappa shape index (κ2) is 10.3. The van der Waals surface area contributed by atoms with Crippen LogP contribution < -0.4 is 9.47 Å². The predicted octanol–water partition coefficient (Wildman–Crippen LogP) is 2.61. The number of likely N-dealkylation sites (tertiary alicyclic amines) is 1. The number of hydroxylamine groups is 2.